The van der Waals surface area contributed by atoms with Crippen molar-refractivity contribution in [3.63, 3.8) is 0 Å². The Morgan fingerprint density at radius 2 is 2.22 bits per heavy atom. The topological polar surface area (TPSA) is 104 Å². The number of carbonyl (C=O) groups is 1. The molecule has 0 saturated heterocycles. The van der Waals surface area contributed by atoms with E-state index in [9.17, 15) is 14.9 Å². The first-order valence-corrected chi connectivity index (χ1v) is 5.37. The van der Waals surface area contributed by atoms with E-state index in [1.807, 2.05) is 0 Å². The fourth-order valence-corrected chi connectivity index (χ4v) is 1.41. The average molecular weight is 253 g/mol. The number of nitro groups is 1. The van der Waals surface area contributed by atoms with E-state index < -0.39 is 4.92 Å². The van der Waals surface area contributed by atoms with Crippen molar-refractivity contribution in [3.8, 4) is 0 Å². The summed E-state index contributed by atoms with van der Waals surface area (Å²) >= 11 is 0. The first-order chi connectivity index (χ1) is 8.49. The number of benzene rings is 1. The van der Waals surface area contributed by atoms with Gasteiger partial charge in [-0.2, -0.15) is 0 Å². The molecule has 7 nitrogen and oxygen atoms in total. The number of hydrogen-bond donors (Lipinski definition) is 3. The van der Waals surface area contributed by atoms with Crippen LogP contribution in [0.3, 0.4) is 0 Å². The summed E-state index contributed by atoms with van der Waals surface area (Å²) in [5.74, 6) is -0.329. The standard InChI is InChI=1S/C11H15N3O4/c1-7(6-15)13-9-5-8(11(16)12-2)3-4-10(9)14(17)18/h3-5,7,13,15H,6H2,1-2H3,(H,12,16). The fourth-order valence-electron chi connectivity index (χ4n) is 1.41. The zero-order valence-electron chi connectivity index (χ0n) is 10.1. The predicted octanol–water partition coefficient (Wildman–Crippen LogP) is 0.747. The van der Waals surface area contributed by atoms with Crippen LogP contribution in [0, 0.1) is 10.1 Å². The van der Waals surface area contributed by atoms with Crippen LogP contribution in [0.25, 0.3) is 0 Å². The van der Waals surface area contributed by atoms with Crippen LogP contribution >= 0.6 is 0 Å². The molecule has 0 fully saturated rings. The first kappa shape index (κ1) is 13.9. The number of nitro benzene ring substituents is 1. The Morgan fingerprint density at radius 1 is 1.56 bits per heavy atom. The number of aliphatic hydroxyl groups excluding tert-OH is 1. The van der Waals surface area contributed by atoms with E-state index in [0.29, 0.717) is 5.56 Å². The summed E-state index contributed by atoms with van der Waals surface area (Å²) in [5.41, 5.74) is 0.390. The summed E-state index contributed by atoms with van der Waals surface area (Å²) in [6.45, 7) is 1.51. The molecule has 1 amide bonds. The molecule has 0 aliphatic heterocycles. The number of amides is 1. The monoisotopic (exact) mass is 253 g/mol. The first-order valence-electron chi connectivity index (χ1n) is 5.37. The van der Waals surface area contributed by atoms with E-state index in [0.717, 1.165) is 0 Å². The summed E-state index contributed by atoms with van der Waals surface area (Å²) in [6.07, 6.45) is 0. The van der Waals surface area contributed by atoms with Crippen LogP contribution in [0.2, 0.25) is 0 Å². The van der Waals surface area contributed by atoms with E-state index in [1.54, 1.807) is 6.92 Å². The van der Waals surface area contributed by atoms with Gasteiger partial charge in [0.15, 0.2) is 0 Å². The smallest absolute Gasteiger partial charge is 0.292 e. The fraction of sp³-hybridized carbons (Fsp3) is 0.364. The molecule has 0 saturated carbocycles. The lowest BCUT2D eigenvalue weighted by atomic mass is 10.1. The van der Waals surface area contributed by atoms with Crippen molar-refractivity contribution in [1.29, 1.82) is 0 Å². The molecular weight excluding hydrogens is 238 g/mol. The highest BCUT2D eigenvalue weighted by Crippen LogP contribution is 2.26. The van der Waals surface area contributed by atoms with Crippen molar-refractivity contribution in [3.05, 3.63) is 33.9 Å². The summed E-state index contributed by atoms with van der Waals surface area (Å²) in [5, 5.41) is 25.0. The highest BCUT2D eigenvalue weighted by molar-refractivity contribution is 5.95. The quantitative estimate of drug-likeness (QED) is 0.530. The van der Waals surface area contributed by atoms with Crippen molar-refractivity contribution in [2.75, 3.05) is 19.0 Å². The van der Waals surface area contributed by atoms with Crippen molar-refractivity contribution in [1.82, 2.24) is 5.32 Å². The number of nitrogens with zero attached hydrogens (tertiary/aromatic N) is 1. The third-order valence-electron chi connectivity index (χ3n) is 2.36. The van der Waals surface area contributed by atoms with Gasteiger partial charge in [-0.25, -0.2) is 0 Å². The molecule has 0 aliphatic carbocycles. The van der Waals surface area contributed by atoms with Gasteiger partial charge in [0.25, 0.3) is 11.6 Å². The van der Waals surface area contributed by atoms with E-state index in [2.05, 4.69) is 10.6 Å². The molecule has 0 heterocycles. The molecule has 1 unspecified atom stereocenters. The summed E-state index contributed by atoms with van der Waals surface area (Å²) < 4.78 is 0. The van der Waals surface area contributed by atoms with Gasteiger partial charge < -0.3 is 15.7 Å². The molecule has 1 aromatic carbocycles. The second-order valence-corrected chi connectivity index (χ2v) is 3.80. The van der Waals surface area contributed by atoms with Crippen LogP contribution in [-0.2, 0) is 0 Å². The molecule has 18 heavy (non-hydrogen) atoms. The SMILES string of the molecule is CNC(=O)c1ccc([N+](=O)[O-])c(NC(C)CO)c1. The lowest BCUT2D eigenvalue weighted by Gasteiger charge is -2.13. The van der Waals surface area contributed by atoms with E-state index in [-0.39, 0.29) is 29.9 Å². The Hall–Kier alpha value is -2.15. The summed E-state index contributed by atoms with van der Waals surface area (Å²) in [6, 6.07) is 3.69. The number of nitrogens with one attached hydrogen (secondary N) is 2. The van der Waals surface area contributed by atoms with Gasteiger partial charge in [-0.05, 0) is 19.1 Å². The van der Waals surface area contributed by atoms with Crippen molar-refractivity contribution in [2.45, 2.75) is 13.0 Å². The van der Waals surface area contributed by atoms with Gasteiger partial charge in [-0.3, -0.25) is 14.9 Å². The Kier molecular flexibility index (Phi) is 4.61. The minimum Gasteiger partial charge on any atom is -0.394 e. The second kappa shape index (κ2) is 5.97. The van der Waals surface area contributed by atoms with Gasteiger partial charge in [0, 0.05) is 24.7 Å². The van der Waals surface area contributed by atoms with Gasteiger partial charge in [0.1, 0.15) is 5.69 Å². The van der Waals surface area contributed by atoms with E-state index in [4.69, 9.17) is 5.11 Å². The van der Waals surface area contributed by atoms with Gasteiger partial charge in [0.2, 0.25) is 0 Å². The molecule has 3 N–H and O–H groups in total. The molecule has 0 aromatic heterocycles. The van der Waals surface area contributed by atoms with Gasteiger partial charge in [-0.15, -0.1) is 0 Å². The Labute approximate surface area is 104 Å². The van der Waals surface area contributed by atoms with E-state index in [1.165, 1.54) is 25.2 Å². The number of carbonyl (C=O) groups excluding carboxylic acids is 1. The molecule has 98 valence electrons. The van der Waals surface area contributed by atoms with Gasteiger partial charge >= 0.3 is 0 Å². The molecule has 1 aromatic rings. The van der Waals surface area contributed by atoms with Gasteiger partial charge in [0.05, 0.1) is 11.5 Å². The molecule has 7 heteroatoms. The van der Waals surface area contributed by atoms with Crippen LogP contribution in [0.15, 0.2) is 18.2 Å². The van der Waals surface area contributed by atoms with Gasteiger partial charge in [-0.1, -0.05) is 0 Å². The Bertz CT molecular complexity index is 462. The van der Waals surface area contributed by atoms with Crippen LogP contribution in [0.1, 0.15) is 17.3 Å². The Morgan fingerprint density at radius 3 is 2.72 bits per heavy atom. The van der Waals surface area contributed by atoms with Crippen LogP contribution in [-0.4, -0.2) is 35.6 Å². The van der Waals surface area contributed by atoms with Crippen LogP contribution in [0.5, 0.6) is 0 Å². The normalized spacial score (nSPS) is 11.7. The third-order valence-corrected chi connectivity index (χ3v) is 2.36. The zero-order chi connectivity index (χ0) is 13.7. The minimum atomic E-state index is -0.542. The van der Waals surface area contributed by atoms with Crippen molar-refractivity contribution in [2.24, 2.45) is 0 Å². The maximum Gasteiger partial charge on any atom is 0.292 e. The summed E-state index contributed by atoms with van der Waals surface area (Å²) in [4.78, 5) is 21.7. The molecule has 1 atom stereocenters. The zero-order valence-corrected chi connectivity index (χ0v) is 10.1. The third kappa shape index (κ3) is 3.17. The lowest BCUT2D eigenvalue weighted by Crippen LogP contribution is -2.21. The second-order valence-electron chi connectivity index (χ2n) is 3.80. The Balaban J connectivity index is 3.15. The molecule has 0 spiro atoms. The van der Waals surface area contributed by atoms with Crippen LogP contribution < -0.4 is 10.6 Å². The number of anilines is 1. The van der Waals surface area contributed by atoms with Crippen molar-refractivity contribution < 1.29 is 14.8 Å². The number of aliphatic hydroxyl groups is 1. The largest absolute Gasteiger partial charge is 0.394 e. The van der Waals surface area contributed by atoms with E-state index >= 15 is 0 Å². The highest BCUT2D eigenvalue weighted by atomic mass is 16.6. The molecule has 0 radical (unpaired) electrons. The molecular formula is C11H15N3O4. The van der Waals surface area contributed by atoms with Crippen molar-refractivity contribution >= 4 is 17.3 Å². The molecule has 0 aliphatic rings. The average Bonchev–Trinajstić information content (AvgIpc) is 2.37. The lowest BCUT2D eigenvalue weighted by molar-refractivity contribution is -0.384. The number of rotatable bonds is 5. The maximum atomic E-state index is 11.4. The van der Waals surface area contributed by atoms with Crippen LogP contribution in [0.4, 0.5) is 11.4 Å². The maximum absolute atomic E-state index is 11.4. The summed E-state index contributed by atoms with van der Waals surface area (Å²) in [7, 11) is 1.48. The predicted molar refractivity (Wildman–Crippen MR) is 66.7 cm³/mol. The minimum absolute atomic E-state index is 0.136. The molecule has 0 bridgehead atoms. The molecule has 1 rings (SSSR count). The number of hydrogen-bond acceptors (Lipinski definition) is 5. The highest BCUT2D eigenvalue weighted by Gasteiger charge is 2.17.